The zero-order valence-electron chi connectivity index (χ0n) is 6.20. The molecule has 0 spiro atoms. The third kappa shape index (κ3) is 2.07. The van der Waals surface area contributed by atoms with Crippen LogP contribution >= 0.6 is 12.2 Å². The molecule has 1 heterocycles. The first kappa shape index (κ1) is 9.25. The summed E-state index contributed by atoms with van der Waals surface area (Å²) in [6, 6.07) is 2.38. The Morgan fingerprint density at radius 2 is 1.92 bits per heavy atom. The highest BCUT2D eigenvalue weighted by atomic mass is 32.1. The number of aromatic amines is 1. The van der Waals surface area contributed by atoms with Crippen molar-refractivity contribution in [2.75, 3.05) is 0 Å². The number of rotatable bonds is 0. The van der Waals surface area contributed by atoms with Crippen molar-refractivity contribution < 1.29 is 13.2 Å². The van der Waals surface area contributed by atoms with Crippen molar-refractivity contribution in [1.29, 1.82) is 0 Å². The summed E-state index contributed by atoms with van der Waals surface area (Å²) < 4.78 is 36.4. The van der Waals surface area contributed by atoms with Gasteiger partial charge >= 0.3 is 6.18 Å². The maximum atomic E-state index is 12.1. The molecule has 0 radical (unpaired) electrons. The van der Waals surface area contributed by atoms with E-state index in [0.717, 1.165) is 6.07 Å². The summed E-state index contributed by atoms with van der Waals surface area (Å²) in [7, 11) is 0. The van der Waals surface area contributed by atoms with E-state index in [0.29, 0.717) is 5.69 Å². The van der Waals surface area contributed by atoms with Gasteiger partial charge in [-0.3, -0.25) is 0 Å². The highest BCUT2D eigenvalue weighted by Crippen LogP contribution is 2.27. The maximum Gasteiger partial charge on any atom is 0.431 e. The molecule has 0 fully saturated rings. The Kier molecular flexibility index (Phi) is 2.23. The average molecular weight is 193 g/mol. The van der Waals surface area contributed by atoms with Crippen LogP contribution in [0.5, 0.6) is 0 Å². The standard InChI is InChI=1S/C7H6F3NS/c1-4-2-5(12)3-6(11-4)7(8,9)10/h2-3H,1H3,(H,11,12). The number of hydrogen-bond donors (Lipinski definition) is 1. The molecule has 0 atom stereocenters. The highest BCUT2D eigenvalue weighted by Gasteiger charge is 2.31. The number of alkyl halides is 3. The van der Waals surface area contributed by atoms with E-state index in [1.807, 2.05) is 0 Å². The quantitative estimate of drug-likeness (QED) is 0.626. The van der Waals surface area contributed by atoms with Crippen LogP contribution in [0.15, 0.2) is 12.1 Å². The molecule has 1 rings (SSSR count). The molecule has 0 aliphatic carbocycles. The fourth-order valence-electron chi connectivity index (χ4n) is 0.835. The van der Waals surface area contributed by atoms with Gasteiger partial charge in [-0.1, -0.05) is 12.2 Å². The Bertz CT molecular complexity index is 339. The van der Waals surface area contributed by atoms with Gasteiger partial charge in [0, 0.05) is 10.2 Å². The monoisotopic (exact) mass is 193 g/mol. The second kappa shape index (κ2) is 2.90. The molecule has 1 aromatic heterocycles. The molecule has 1 N–H and O–H groups in total. The van der Waals surface area contributed by atoms with Gasteiger partial charge in [0.25, 0.3) is 0 Å². The van der Waals surface area contributed by atoms with Crippen LogP contribution in [-0.2, 0) is 6.18 Å². The van der Waals surface area contributed by atoms with E-state index < -0.39 is 11.9 Å². The number of nitrogens with one attached hydrogen (secondary N) is 1. The Balaban J connectivity index is 3.27. The fourth-order valence-corrected chi connectivity index (χ4v) is 1.13. The van der Waals surface area contributed by atoms with Crippen LogP contribution in [0, 0.1) is 11.4 Å². The molecule has 0 aliphatic rings. The van der Waals surface area contributed by atoms with Crippen LogP contribution in [0.1, 0.15) is 11.4 Å². The molecular formula is C7H6F3NS. The average Bonchev–Trinajstić information content (AvgIpc) is 1.82. The van der Waals surface area contributed by atoms with Crippen LogP contribution in [0.2, 0.25) is 0 Å². The molecule has 0 amide bonds. The summed E-state index contributed by atoms with van der Waals surface area (Å²) in [5.74, 6) is 0. The fraction of sp³-hybridized carbons (Fsp3) is 0.286. The first-order chi connectivity index (χ1) is 5.39. The minimum absolute atomic E-state index is 0.193. The largest absolute Gasteiger partial charge is 0.431 e. The molecule has 1 nitrogen and oxygen atoms in total. The van der Waals surface area contributed by atoms with Gasteiger partial charge in [0.05, 0.1) is 0 Å². The molecule has 12 heavy (non-hydrogen) atoms. The van der Waals surface area contributed by atoms with Gasteiger partial charge < -0.3 is 4.98 Å². The summed E-state index contributed by atoms with van der Waals surface area (Å²) in [5.41, 5.74) is -0.387. The number of H-pyrrole nitrogens is 1. The molecule has 0 saturated heterocycles. The smallest absolute Gasteiger partial charge is 0.355 e. The van der Waals surface area contributed by atoms with E-state index in [2.05, 4.69) is 17.2 Å². The SMILES string of the molecule is Cc1cc(=S)cc(C(F)(F)F)[nH]1. The zero-order chi connectivity index (χ0) is 9.35. The van der Waals surface area contributed by atoms with Crippen molar-refractivity contribution >= 4 is 12.2 Å². The topological polar surface area (TPSA) is 15.8 Å². The van der Waals surface area contributed by atoms with Gasteiger partial charge in [-0.25, -0.2) is 0 Å². The lowest BCUT2D eigenvalue weighted by atomic mass is 10.3. The number of pyridine rings is 1. The van der Waals surface area contributed by atoms with E-state index in [1.165, 1.54) is 13.0 Å². The highest BCUT2D eigenvalue weighted by molar-refractivity contribution is 7.71. The molecule has 0 saturated carbocycles. The van der Waals surface area contributed by atoms with E-state index in [1.54, 1.807) is 0 Å². The molecule has 0 unspecified atom stereocenters. The van der Waals surface area contributed by atoms with Crippen molar-refractivity contribution in [3.8, 4) is 0 Å². The van der Waals surface area contributed by atoms with Gasteiger partial charge in [0.15, 0.2) is 0 Å². The van der Waals surface area contributed by atoms with E-state index in [-0.39, 0.29) is 4.51 Å². The second-order valence-electron chi connectivity index (χ2n) is 2.41. The van der Waals surface area contributed by atoms with Crippen LogP contribution in [0.4, 0.5) is 13.2 Å². The van der Waals surface area contributed by atoms with Crippen LogP contribution in [0.3, 0.4) is 0 Å². The number of hydrogen-bond acceptors (Lipinski definition) is 1. The van der Waals surface area contributed by atoms with Crippen molar-refractivity contribution in [3.63, 3.8) is 0 Å². The molecule has 66 valence electrons. The molecule has 1 aromatic rings. The van der Waals surface area contributed by atoms with Crippen molar-refractivity contribution in [2.45, 2.75) is 13.1 Å². The molecule has 0 bridgehead atoms. The summed E-state index contributed by atoms with van der Waals surface area (Å²) in [6.45, 7) is 1.53. The van der Waals surface area contributed by atoms with E-state index in [9.17, 15) is 13.2 Å². The second-order valence-corrected chi connectivity index (χ2v) is 2.88. The molecule has 5 heteroatoms. The summed E-state index contributed by atoms with van der Waals surface area (Å²) in [4.78, 5) is 2.20. The Morgan fingerprint density at radius 1 is 1.33 bits per heavy atom. The molecule has 0 aromatic carbocycles. The number of aromatic nitrogens is 1. The van der Waals surface area contributed by atoms with Gasteiger partial charge in [-0.15, -0.1) is 0 Å². The van der Waals surface area contributed by atoms with Gasteiger partial charge in [0.2, 0.25) is 0 Å². The Hall–Kier alpha value is -0.840. The first-order valence-electron chi connectivity index (χ1n) is 3.18. The lowest BCUT2D eigenvalue weighted by molar-refractivity contribution is -0.141. The zero-order valence-corrected chi connectivity index (χ0v) is 7.01. The lowest BCUT2D eigenvalue weighted by Gasteiger charge is -2.06. The summed E-state index contributed by atoms with van der Waals surface area (Å²) in [5, 5.41) is 0. The van der Waals surface area contributed by atoms with Crippen molar-refractivity contribution in [3.05, 3.63) is 28.0 Å². The first-order valence-corrected chi connectivity index (χ1v) is 3.58. The Morgan fingerprint density at radius 3 is 2.33 bits per heavy atom. The number of aryl methyl sites for hydroxylation is 1. The van der Waals surface area contributed by atoms with Crippen molar-refractivity contribution in [2.24, 2.45) is 0 Å². The predicted octanol–water partition coefficient (Wildman–Crippen LogP) is 3.07. The van der Waals surface area contributed by atoms with Gasteiger partial charge in [-0.05, 0) is 19.1 Å². The molecule has 0 aliphatic heterocycles. The van der Waals surface area contributed by atoms with Crippen LogP contribution in [-0.4, -0.2) is 4.98 Å². The summed E-state index contributed by atoms with van der Waals surface area (Å²) in [6.07, 6.45) is -4.35. The van der Waals surface area contributed by atoms with E-state index in [4.69, 9.17) is 0 Å². The lowest BCUT2D eigenvalue weighted by Crippen LogP contribution is -2.08. The predicted molar refractivity (Wildman–Crippen MR) is 41.4 cm³/mol. The van der Waals surface area contributed by atoms with Crippen LogP contribution < -0.4 is 0 Å². The maximum absolute atomic E-state index is 12.1. The minimum atomic E-state index is -4.35. The third-order valence-electron chi connectivity index (χ3n) is 1.28. The van der Waals surface area contributed by atoms with Crippen molar-refractivity contribution in [1.82, 2.24) is 4.98 Å². The summed E-state index contributed by atoms with van der Waals surface area (Å²) >= 11 is 4.64. The normalized spacial score (nSPS) is 11.7. The van der Waals surface area contributed by atoms with E-state index >= 15 is 0 Å². The van der Waals surface area contributed by atoms with Crippen LogP contribution in [0.25, 0.3) is 0 Å². The number of halogens is 3. The minimum Gasteiger partial charge on any atom is -0.355 e. The Labute approximate surface area is 72.2 Å². The van der Waals surface area contributed by atoms with Gasteiger partial charge in [-0.2, -0.15) is 13.2 Å². The third-order valence-corrected chi connectivity index (χ3v) is 1.52. The van der Waals surface area contributed by atoms with Gasteiger partial charge in [0.1, 0.15) is 5.69 Å². The molecular weight excluding hydrogens is 187 g/mol.